The monoisotopic (exact) mass is 587 g/mol. The van der Waals surface area contributed by atoms with E-state index in [0.29, 0.717) is 21.3 Å². The third-order valence-corrected chi connectivity index (χ3v) is 6.59. The smallest absolute Gasteiger partial charge is 0.335 e. The standard InChI is InChI=1S/C27H20Cl3N3O6/c1-14-7-8-16(12-19(14)29)33-26(36)17(25(35)32-27(33)37)9-15-10-20(30)24(22(11-15)38-2)39-13-23(34)31-21-6-4-3-5-18(21)28/h3-12H,13H2,1-2H3,(H,31,34)(H,32,35,37)/b17-9+. The van der Waals surface area contributed by atoms with Crippen LogP contribution in [-0.4, -0.2) is 37.5 Å². The van der Waals surface area contributed by atoms with E-state index in [2.05, 4.69) is 10.6 Å². The molecule has 1 aliphatic heterocycles. The molecule has 0 unspecified atom stereocenters. The van der Waals surface area contributed by atoms with Crippen molar-refractivity contribution in [2.45, 2.75) is 6.92 Å². The summed E-state index contributed by atoms with van der Waals surface area (Å²) in [6.07, 6.45) is 1.26. The van der Waals surface area contributed by atoms with Crippen LogP contribution in [0.4, 0.5) is 16.2 Å². The number of halogens is 3. The van der Waals surface area contributed by atoms with Crippen molar-refractivity contribution in [2.24, 2.45) is 0 Å². The Bertz CT molecular complexity index is 1540. The number of imide groups is 2. The average molecular weight is 589 g/mol. The van der Waals surface area contributed by atoms with Crippen LogP contribution in [0, 0.1) is 6.92 Å². The van der Waals surface area contributed by atoms with E-state index in [1.54, 1.807) is 43.3 Å². The molecule has 39 heavy (non-hydrogen) atoms. The van der Waals surface area contributed by atoms with Gasteiger partial charge in [0.05, 0.1) is 28.5 Å². The molecule has 4 rings (SSSR count). The second-order valence-corrected chi connectivity index (χ2v) is 9.46. The van der Waals surface area contributed by atoms with Gasteiger partial charge in [-0.2, -0.15) is 0 Å². The Morgan fingerprint density at radius 1 is 1.00 bits per heavy atom. The predicted molar refractivity (Wildman–Crippen MR) is 149 cm³/mol. The fourth-order valence-electron chi connectivity index (χ4n) is 3.63. The number of nitrogens with one attached hydrogen (secondary N) is 2. The maximum Gasteiger partial charge on any atom is 0.335 e. The van der Waals surface area contributed by atoms with Gasteiger partial charge in [-0.25, -0.2) is 9.69 Å². The van der Waals surface area contributed by atoms with Crippen LogP contribution in [-0.2, 0) is 14.4 Å². The van der Waals surface area contributed by atoms with Gasteiger partial charge in [0, 0.05) is 5.02 Å². The first kappa shape index (κ1) is 28.0. The number of rotatable bonds is 7. The highest BCUT2D eigenvalue weighted by molar-refractivity contribution is 6.40. The number of nitrogens with zero attached hydrogens (tertiary/aromatic N) is 1. The molecule has 0 radical (unpaired) electrons. The lowest BCUT2D eigenvalue weighted by Crippen LogP contribution is -2.54. The predicted octanol–water partition coefficient (Wildman–Crippen LogP) is 5.65. The summed E-state index contributed by atoms with van der Waals surface area (Å²) in [7, 11) is 1.36. The first-order valence-electron chi connectivity index (χ1n) is 11.3. The summed E-state index contributed by atoms with van der Waals surface area (Å²) in [5, 5.41) is 5.54. The molecule has 0 spiro atoms. The van der Waals surface area contributed by atoms with Gasteiger partial charge in [0.25, 0.3) is 17.7 Å². The first-order valence-corrected chi connectivity index (χ1v) is 12.4. The Labute approximate surface area is 238 Å². The molecule has 1 heterocycles. The molecule has 200 valence electrons. The molecular weight excluding hydrogens is 569 g/mol. The van der Waals surface area contributed by atoms with Gasteiger partial charge in [0.2, 0.25) is 0 Å². The molecule has 0 saturated carbocycles. The van der Waals surface area contributed by atoms with Gasteiger partial charge in [-0.15, -0.1) is 0 Å². The minimum atomic E-state index is -0.906. The van der Waals surface area contributed by atoms with Crippen molar-refractivity contribution < 1.29 is 28.7 Å². The fourth-order valence-corrected chi connectivity index (χ4v) is 4.26. The van der Waals surface area contributed by atoms with E-state index in [-0.39, 0.29) is 27.8 Å². The number of para-hydroxylation sites is 1. The van der Waals surface area contributed by atoms with Crippen molar-refractivity contribution in [3.05, 3.63) is 86.4 Å². The Kier molecular flexibility index (Phi) is 8.44. The maximum atomic E-state index is 13.2. The van der Waals surface area contributed by atoms with Crippen molar-refractivity contribution in [3.8, 4) is 11.5 Å². The van der Waals surface area contributed by atoms with Crippen LogP contribution in [0.15, 0.2) is 60.2 Å². The summed E-state index contributed by atoms with van der Waals surface area (Å²) < 4.78 is 10.9. The zero-order chi connectivity index (χ0) is 28.3. The van der Waals surface area contributed by atoms with Gasteiger partial charge in [0.15, 0.2) is 18.1 Å². The van der Waals surface area contributed by atoms with E-state index in [1.807, 2.05) is 0 Å². The average Bonchev–Trinajstić information content (AvgIpc) is 2.89. The van der Waals surface area contributed by atoms with Crippen LogP contribution in [0.2, 0.25) is 15.1 Å². The summed E-state index contributed by atoms with van der Waals surface area (Å²) in [5.41, 5.74) is 1.35. The molecule has 1 saturated heterocycles. The van der Waals surface area contributed by atoms with E-state index in [1.165, 1.54) is 31.4 Å². The van der Waals surface area contributed by atoms with Gasteiger partial charge in [-0.1, -0.05) is 53.0 Å². The summed E-state index contributed by atoms with van der Waals surface area (Å²) in [6.45, 7) is 1.37. The number of aryl methyl sites for hydroxylation is 1. The van der Waals surface area contributed by atoms with Crippen LogP contribution >= 0.6 is 34.8 Å². The van der Waals surface area contributed by atoms with Gasteiger partial charge < -0.3 is 14.8 Å². The molecule has 12 heteroatoms. The molecule has 3 aromatic carbocycles. The number of anilines is 2. The number of amides is 5. The van der Waals surface area contributed by atoms with E-state index in [0.717, 1.165) is 10.5 Å². The maximum absolute atomic E-state index is 13.2. The lowest BCUT2D eigenvalue weighted by Gasteiger charge is -2.26. The van der Waals surface area contributed by atoms with Gasteiger partial charge in [-0.3, -0.25) is 19.7 Å². The molecule has 5 amide bonds. The quantitative estimate of drug-likeness (QED) is 0.272. The Hall–Kier alpha value is -4.05. The molecule has 0 atom stereocenters. The third-order valence-electron chi connectivity index (χ3n) is 5.57. The van der Waals surface area contributed by atoms with Crippen molar-refractivity contribution in [3.63, 3.8) is 0 Å². The summed E-state index contributed by atoms with van der Waals surface area (Å²) >= 11 is 18.6. The van der Waals surface area contributed by atoms with Crippen LogP contribution < -0.4 is 25.0 Å². The van der Waals surface area contributed by atoms with E-state index < -0.39 is 30.4 Å². The minimum absolute atomic E-state index is 0.0497. The third kappa shape index (κ3) is 6.17. The number of benzene rings is 3. The first-order chi connectivity index (χ1) is 18.6. The zero-order valence-electron chi connectivity index (χ0n) is 20.5. The molecule has 0 aromatic heterocycles. The van der Waals surface area contributed by atoms with E-state index in [4.69, 9.17) is 44.3 Å². The molecule has 1 aliphatic rings. The molecule has 9 nitrogen and oxygen atoms in total. The van der Waals surface area contributed by atoms with Crippen LogP contribution in [0.1, 0.15) is 11.1 Å². The van der Waals surface area contributed by atoms with Crippen molar-refractivity contribution >= 4 is 76.0 Å². The van der Waals surface area contributed by atoms with Crippen LogP contribution in [0.3, 0.4) is 0 Å². The SMILES string of the molecule is COc1cc(/C=C2\C(=O)NC(=O)N(c3ccc(C)c(Cl)c3)C2=O)cc(Cl)c1OCC(=O)Nc1ccccc1Cl. The van der Waals surface area contributed by atoms with Gasteiger partial charge >= 0.3 is 6.03 Å². The Morgan fingerprint density at radius 2 is 1.74 bits per heavy atom. The molecule has 2 N–H and O–H groups in total. The Balaban J connectivity index is 1.57. The largest absolute Gasteiger partial charge is 0.493 e. The lowest BCUT2D eigenvalue weighted by atomic mass is 10.1. The molecule has 3 aromatic rings. The molecule has 1 fully saturated rings. The van der Waals surface area contributed by atoms with Gasteiger partial charge in [-0.05, 0) is 60.5 Å². The summed E-state index contributed by atoms with van der Waals surface area (Å²) in [4.78, 5) is 51.4. The normalized spacial score (nSPS) is 14.3. The highest BCUT2D eigenvalue weighted by atomic mass is 35.5. The summed E-state index contributed by atoms with van der Waals surface area (Å²) in [5.74, 6) is -2.01. The van der Waals surface area contributed by atoms with Crippen molar-refractivity contribution in [2.75, 3.05) is 23.9 Å². The lowest BCUT2D eigenvalue weighted by molar-refractivity contribution is -0.122. The second-order valence-electron chi connectivity index (χ2n) is 8.24. The number of hydrogen-bond acceptors (Lipinski definition) is 6. The van der Waals surface area contributed by atoms with E-state index in [9.17, 15) is 19.2 Å². The number of carbonyl (C=O) groups is 4. The Morgan fingerprint density at radius 3 is 2.44 bits per heavy atom. The molecule has 0 aliphatic carbocycles. The van der Waals surface area contributed by atoms with E-state index >= 15 is 0 Å². The molecule has 0 bridgehead atoms. The number of carbonyl (C=O) groups excluding carboxylic acids is 4. The van der Waals surface area contributed by atoms with Crippen LogP contribution in [0.5, 0.6) is 11.5 Å². The fraction of sp³-hybridized carbons (Fsp3) is 0.111. The van der Waals surface area contributed by atoms with Crippen LogP contribution in [0.25, 0.3) is 6.08 Å². The number of methoxy groups -OCH3 is 1. The number of hydrogen-bond donors (Lipinski definition) is 2. The van der Waals surface area contributed by atoms with Crippen molar-refractivity contribution in [1.82, 2.24) is 5.32 Å². The molecular formula is C27H20Cl3N3O6. The number of barbiturate groups is 1. The second kappa shape index (κ2) is 11.8. The van der Waals surface area contributed by atoms with Gasteiger partial charge in [0.1, 0.15) is 5.57 Å². The van der Waals surface area contributed by atoms with Crippen molar-refractivity contribution in [1.29, 1.82) is 0 Å². The topological polar surface area (TPSA) is 114 Å². The number of ether oxygens (including phenoxy) is 2. The summed E-state index contributed by atoms with van der Waals surface area (Å²) in [6, 6.07) is 13.3. The highest BCUT2D eigenvalue weighted by Gasteiger charge is 2.37. The minimum Gasteiger partial charge on any atom is -0.493 e. The zero-order valence-corrected chi connectivity index (χ0v) is 22.8. The number of urea groups is 1. The highest BCUT2D eigenvalue weighted by Crippen LogP contribution is 2.37.